The number of halogens is 3. The van der Waals surface area contributed by atoms with Crippen LogP contribution in [0.25, 0.3) is 10.9 Å². The first-order chi connectivity index (χ1) is 12.4. The predicted octanol–water partition coefficient (Wildman–Crippen LogP) is 4.47. The van der Waals surface area contributed by atoms with E-state index in [1.54, 1.807) is 13.8 Å². The van der Waals surface area contributed by atoms with Gasteiger partial charge < -0.3 is 5.32 Å². The largest absolute Gasteiger partial charge is 0.323 e. The van der Waals surface area contributed by atoms with Gasteiger partial charge in [-0.1, -0.05) is 30.0 Å². The highest BCUT2D eigenvalue weighted by Crippen LogP contribution is 2.29. The van der Waals surface area contributed by atoms with Gasteiger partial charge in [0.25, 0.3) is 0 Å². The number of nitrogens with one attached hydrogen (secondary N) is 1. The first-order valence-corrected chi connectivity index (χ1v) is 8.59. The minimum Gasteiger partial charge on any atom is -0.323 e. The van der Waals surface area contributed by atoms with Crippen LogP contribution in [-0.2, 0) is 4.79 Å². The summed E-state index contributed by atoms with van der Waals surface area (Å²) >= 11 is 1.17. The van der Waals surface area contributed by atoms with E-state index in [-0.39, 0.29) is 0 Å². The molecule has 1 N–H and O–H groups in total. The van der Waals surface area contributed by atoms with Crippen LogP contribution >= 0.6 is 11.8 Å². The Hall–Kier alpha value is -2.61. The molecule has 1 atom stereocenters. The van der Waals surface area contributed by atoms with E-state index in [4.69, 9.17) is 0 Å². The molecule has 0 spiro atoms. The van der Waals surface area contributed by atoms with Crippen molar-refractivity contribution in [3.63, 3.8) is 0 Å². The Balaban J connectivity index is 1.81. The van der Waals surface area contributed by atoms with Crippen molar-refractivity contribution in [3.05, 3.63) is 59.7 Å². The summed E-state index contributed by atoms with van der Waals surface area (Å²) in [7, 11) is 0. The Morgan fingerprint density at radius 2 is 1.81 bits per heavy atom. The van der Waals surface area contributed by atoms with E-state index >= 15 is 0 Å². The Morgan fingerprint density at radius 1 is 1.08 bits per heavy atom. The van der Waals surface area contributed by atoms with Gasteiger partial charge in [-0.15, -0.1) is 0 Å². The van der Waals surface area contributed by atoms with Gasteiger partial charge in [-0.25, -0.2) is 23.1 Å². The summed E-state index contributed by atoms with van der Waals surface area (Å²) in [5, 5.41) is 3.03. The Labute approximate surface area is 151 Å². The fourth-order valence-electron chi connectivity index (χ4n) is 2.33. The van der Waals surface area contributed by atoms with Crippen LogP contribution in [-0.4, -0.2) is 21.1 Å². The van der Waals surface area contributed by atoms with Crippen molar-refractivity contribution in [2.24, 2.45) is 0 Å². The molecular weight excluding hydrogens is 363 g/mol. The van der Waals surface area contributed by atoms with Crippen LogP contribution in [0.4, 0.5) is 18.9 Å². The number of hydrogen-bond donors (Lipinski definition) is 1. The quantitative estimate of drug-likeness (QED) is 0.414. The van der Waals surface area contributed by atoms with Crippen LogP contribution < -0.4 is 5.32 Å². The number of thioether (sulfide) groups is 1. The summed E-state index contributed by atoms with van der Waals surface area (Å²) < 4.78 is 40.0. The summed E-state index contributed by atoms with van der Waals surface area (Å²) in [6.45, 7) is 3.36. The average molecular weight is 377 g/mol. The molecular formula is C18H14F3N3OS. The van der Waals surface area contributed by atoms with Crippen molar-refractivity contribution in [3.8, 4) is 0 Å². The van der Waals surface area contributed by atoms with Crippen LogP contribution in [0.5, 0.6) is 0 Å². The topological polar surface area (TPSA) is 54.9 Å². The molecule has 0 saturated carbocycles. The zero-order valence-electron chi connectivity index (χ0n) is 13.9. The zero-order chi connectivity index (χ0) is 18.8. The molecule has 26 heavy (non-hydrogen) atoms. The molecule has 1 heterocycles. The monoisotopic (exact) mass is 377 g/mol. The first-order valence-electron chi connectivity index (χ1n) is 7.71. The standard InChI is InChI=1S/C18H14F3N3OS/c1-9(17(25)24-14-8-7-12(19)15(20)16(14)21)26-18-11-5-3-4-6-13(11)22-10(2)23-18/h3-9H,1-2H3,(H,24,25)/t9-/m1/s1. The summed E-state index contributed by atoms with van der Waals surface area (Å²) in [6, 6.07) is 9.12. The van der Waals surface area contributed by atoms with Crippen LogP contribution in [0.3, 0.4) is 0 Å². The fraction of sp³-hybridized carbons (Fsp3) is 0.167. The van der Waals surface area contributed by atoms with Crippen LogP contribution in [0, 0.1) is 24.4 Å². The zero-order valence-corrected chi connectivity index (χ0v) is 14.7. The SMILES string of the molecule is Cc1nc(S[C@H](C)C(=O)Nc2ccc(F)c(F)c2F)c2ccccc2n1. The van der Waals surface area contributed by atoms with E-state index in [9.17, 15) is 18.0 Å². The van der Waals surface area contributed by atoms with E-state index in [0.29, 0.717) is 10.9 Å². The van der Waals surface area contributed by atoms with Gasteiger partial charge in [-0.3, -0.25) is 4.79 Å². The second kappa shape index (κ2) is 7.33. The lowest BCUT2D eigenvalue weighted by molar-refractivity contribution is -0.115. The number of rotatable bonds is 4. The summed E-state index contributed by atoms with van der Waals surface area (Å²) in [5.41, 5.74) is 0.340. The number of para-hydroxylation sites is 1. The minimum atomic E-state index is -1.62. The molecule has 0 fully saturated rings. The number of benzene rings is 2. The number of carbonyl (C=O) groups excluding carboxylic acids is 1. The Kier molecular flexibility index (Phi) is 5.13. The first kappa shape index (κ1) is 18.2. The molecule has 0 radical (unpaired) electrons. The normalized spacial score (nSPS) is 12.2. The third kappa shape index (κ3) is 3.65. The number of carbonyl (C=O) groups is 1. The van der Waals surface area contributed by atoms with E-state index in [2.05, 4.69) is 15.3 Å². The molecule has 3 aromatic rings. The maximum absolute atomic E-state index is 13.7. The predicted molar refractivity (Wildman–Crippen MR) is 94.5 cm³/mol. The molecule has 4 nitrogen and oxygen atoms in total. The van der Waals surface area contributed by atoms with Gasteiger partial charge in [-0.05, 0) is 32.0 Å². The third-order valence-electron chi connectivity index (χ3n) is 3.63. The van der Waals surface area contributed by atoms with Gasteiger partial charge >= 0.3 is 0 Å². The highest BCUT2D eigenvalue weighted by molar-refractivity contribution is 8.00. The minimum absolute atomic E-state index is 0.412. The van der Waals surface area contributed by atoms with Gasteiger partial charge in [0, 0.05) is 5.39 Å². The Bertz CT molecular complexity index is 997. The summed E-state index contributed by atoms with van der Waals surface area (Å²) in [4.78, 5) is 21.0. The van der Waals surface area contributed by atoms with Gasteiger partial charge in [0.2, 0.25) is 5.91 Å². The molecule has 1 amide bonds. The van der Waals surface area contributed by atoms with Crippen molar-refractivity contribution in [2.45, 2.75) is 24.1 Å². The molecule has 0 aliphatic heterocycles. The molecule has 134 valence electrons. The van der Waals surface area contributed by atoms with Crippen molar-refractivity contribution in [2.75, 3.05) is 5.32 Å². The van der Waals surface area contributed by atoms with E-state index in [0.717, 1.165) is 23.0 Å². The van der Waals surface area contributed by atoms with E-state index < -0.39 is 34.3 Å². The molecule has 2 aromatic carbocycles. The smallest absolute Gasteiger partial charge is 0.237 e. The van der Waals surface area contributed by atoms with Crippen molar-refractivity contribution >= 4 is 34.3 Å². The average Bonchev–Trinajstić information content (AvgIpc) is 2.62. The van der Waals surface area contributed by atoms with Crippen LogP contribution in [0.2, 0.25) is 0 Å². The lowest BCUT2D eigenvalue weighted by atomic mass is 10.2. The van der Waals surface area contributed by atoms with Gasteiger partial charge in [-0.2, -0.15) is 0 Å². The van der Waals surface area contributed by atoms with E-state index in [1.807, 2.05) is 24.3 Å². The van der Waals surface area contributed by atoms with Gasteiger partial charge in [0.1, 0.15) is 10.9 Å². The number of fused-ring (bicyclic) bond motifs is 1. The number of amides is 1. The van der Waals surface area contributed by atoms with E-state index in [1.165, 1.54) is 11.8 Å². The Morgan fingerprint density at radius 3 is 2.58 bits per heavy atom. The van der Waals surface area contributed by atoms with Crippen LogP contribution in [0.1, 0.15) is 12.7 Å². The highest BCUT2D eigenvalue weighted by atomic mass is 32.2. The number of hydrogen-bond acceptors (Lipinski definition) is 4. The number of aromatic nitrogens is 2. The molecule has 3 rings (SSSR count). The van der Waals surface area contributed by atoms with Crippen molar-refractivity contribution in [1.82, 2.24) is 9.97 Å². The molecule has 0 unspecified atom stereocenters. The number of nitrogens with zero attached hydrogens (tertiary/aromatic N) is 2. The summed E-state index contributed by atoms with van der Waals surface area (Å²) in [5.74, 6) is -4.36. The fourth-order valence-corrected chi connectivity index (χ4v) is 3.31. The maximum atomic E-state index is 13.7. The van der Waals surface area contributed by atoms with Crippen LogP contribution in [0.15, 0.2) is 41.4 Å². The lowest BCUT2D eigenvalue weighted by Crippen LogP contribution is -2.23. The lowest BCUT2D eigenvalue weighted by Gasteiger charge is -2.14. The second-order valence-electron chi connectivity index (χ2n) is 5.57. The molecule has 1 aromatic heterocycles. The van der Waals surface area contributed by atoms with Gasteiger partial charge in [0.15, 0.2) is 17.5 Å². The maximum Gasteiger partial charge on any atom is 0.237 e. The molecule has 0 aliphatic carbocycles. The molecule has 0 saturated heterocycles. The molecule has 0 bridgehead atoms. The van der Waals surface area contributed by atoms with Crippen molar-refractivity contribution in [1.29, 1.82) is 0 Å². The second-order valence-corrected chi connectivity index (χ2v) is 6.89. The summed E-state index contributed by atoms with van der Waals surface area (Å²) in [6.07, 6.45) is 0. The molecule has 0 aliphatic rings. The third-order valence-corrected chi connectivity index (χ3v) is 4.73. The molecule has 8 heteroatoms. The number of anilines is 1. The highest BCUT2D eigenvalue weighted by Gasteiger charge is 2.20. The van der Waals surface area contributed by atoms with Crippen molar-refractivity contribution < 1.29 is 18.0 Å². The number of aryl methyl sites for hydroxylation is 1. The van der Waals surface area contributed by atoms with Gasteiger partial charge in [0.05, 0.1) is 16.5 Å².